The molecule has 0 aliphatic carbocycles. The molecule has 2 aromatic rings. The van der Waals surface area contributed by atoms with Gasteiger partial charge in [-0.25, -0.2) is 4.79 Å². The van der Waals surface area contributed by atoms with Crippen LogP contribution in [0.3, 0.4) is 0 Å². The summed E-state index contributed by atoms with van der Waals surface area (Å²) in [5.41, 5.74) is 0.697. The van der Waals surface area contributed by atoms with Crippen molar-refractivity contribution in [2.45, 2.75) is 27.4 Å². The molecule has 7 heteroatoms. The van der Waals surface area contributed by atoms with E-state index < -0.39 is 18.0 Å². The second kappa shape index (κ2) is 8.62. The zero-order valence-corrected chi connectivity index (χ0v) is 15.3. The Hall–Kier alpha value is -2.96. The van der Waals surface area contributed by atoms with Gasteiger partial charge in [-0.1, -0.05) is 32.9 Å². The van der Waals surface area contributed by atoms with E-state index in [0.717, 1.165) is 0 Å². The van der Waals surface area contributed by atoms with Gasteiger partial charge in [-0.05, 0) is 36.4 Å². The highest BCUT2D eigenvalue weighted by molar-refractivity contribution is 5.98. The molecule has 0 aliphatic heterocycles. The Morgan fingerprint density at radius 1 is 1.04 bits per heavy atom. The van der Waals surface area contributed by atoms with E-state index in [1.165, 1.54) is 12.1 Å². The highest BCUT2D eigenvalue weighted by atomic mass is 19.3. The van der Waals surface area contributed by atoms with Gasteiger partial charge in [0.1, 0.15) is 5.75 Å². The second-order valence-electron chi connectivity index (χ2n) is 6.82. The molecule has 0 fully saturated rings. The fourth-order valence-electron chi connectivity index (χ4n) is 2.07. The SMILES string of the molecule is CC(C)(C)C(=O)COC(=O)c1ccccc1Nc1ccc(OC(F)F)cc1. The van der Waals surface area contributed by atoms with Gasteiger partial charge in [0.05, 0.1) is 11.3 Å². The van der Waals surface area contributed by atoms with Crippen LogP contribution in [0.5, 0.6) is 5.75 Å². The zero-order chi connectivity index (χ0) is 20.0. The van der Waals surface area contributed by atoms with Gasteiger partial charge in [0, 0.05) is 11.1 Å². The van der Waals surface area contributed by atoms with Gasteiger partial charge in [-0.3, -0.25) is 4.79 Å². The lowest BCUT2D eigenvalue weighted by Crippen LogP contribution is -2.26. The first-order valence-corrected chi connectivity index (χ1v) is 8.28. The number of Topliss-reactive ketones (excluding diaryl/α,β-unsaturated/α-hetero) is 1. The largest absolute Gasteiger partial charge is 0.454 e. The van der Waals surface area contributed by atoms with E-state index in [2.05, 4.69) is 10.1 Å². The number of para-hydroxylation sites is 1. The lowest BCUT2D eigenvalue weighted by molar-refractivity contribution is -0.129. The summed E-state index contributed by atoms with van der Waals surface area (Å²) in [6.07, 6.45) is 0. The minimum absolute atomic E-state index is 0.0314. The van der Waals surface area contributed by atoms with Gasteiger partial charge in [-0.2, -0.15) is 8.78 Å². The lowest BCUT2D eigenvalue weighted by atomic mass is 9.91. The van der Waals surface area contributed by atoms with Gasteiger partial charge in [0.15, 0.2) is 12.4 Å². The normalized spacial score (nSPS) is 11.2. The van der Waals surface area contributed by atoms with Crippen molar-refractivity contribution in [3.05, 3.63) is 54.1 Å². The third-order valence-electron chi connectivity index (χ3n) is 3.68. The predicted octanol–water partition coefficient (Wildman–Crippen LogP) is 4.80. The first kappa shape index (κ1) is 20.4. The summed E-state index contributed by atoms with van der Waals surface area (Å²) < 4.78 is 33.8. The molecule has 144 valence electrons. The van der Waals surface area contributed by atoms with E-state index in [0.29, 0.717) is 11.4 Å². The highest BCUT2D eigenvalue weighted by Crippen LogP contribution is 2.24. The minimum Gasteiger partial charge on any atom is -0.454 e. The molecule has 0 spiro atoms. The Morgan fingerprint density at radius 2 is 1.67 bits per heavy atom. The molecular weight excluding hydrogens is 356 g/mol. The molecule has 0 unspecified atom stereocenters. The molecule has 0 heterocycles. The molecule has 2 aromatic carbocycles. The summed E-state index contributed by atoms with van der Waals surface area (Å²) in [5.74, 6) is -0.784. The van der Waals surface area contributed by atoms with E-state index in [9.17, 15) is 18.4 Å². The molecule has 0 aliphatic rings. The lowest BCUT2D eigenvalue weighted by Gasteiger charge is -2.17. The third kappa shape index (κ3) is 6.06. The topological polar surface area (TPSA) is 64.6 Å². The maximum atomic E-state index is 12.3. The summed E-state index contributed by atoms with van der Waals surface area (Å²) >= 11 is 0. The van der Waals surface area contributed by atoms with Crippen molar-refractivity contribution in [2.75, 3.05) is 11.9 Å². The molecule has 5 nitrogen and oxygen atoms in total. The number of nitrogens with one attached hydrogen (secondary N) is 1. The number of hydrogen-bond donors (Lipinski definition) is 1. The van der Waals surface area contributed by atoms with Crippen LogP contribution in [0, 0.1) is 5.41 Å². The van der Waals surface area contributed by atoms with E-state index >= 15 is 0 Å². The molecule has 0 saturated heterocycles. The summed E-state index contributed by atoms with van der Waals surface area (Å²) in [5, 5.41) is 3.02. The molecule has 0 amide bonds. The summed E-state index contributed by atoms with van der Waals surface area (Å²) in [6.45, 7) is 2.05. The molecule has 0 bridgehead atoms. The number of hydrogen-bond acceptors (Lipinski definition) is 5. The van der Waals surface area contributed by atoms with Crippen LogP contribution in [-0.4, -0.2) is 25.0 Å². The van der Waals surface area contributed by atoms with Crippen molar-refractivity contribution in [3.8, 4) is 5.75 Å². The Morgan fingerprint density at radius 3 is 2.26 bits per heavy atom. The van der Waals surface area contributed by atoms with Gasteiger partial charge in [0.25, 0.3) is 0 Å². The number of alkyl halides is 2. The molecule has 2 rings (SSSR count). The van der Waals surface area contributed by atoms with Gasteiger partial charge >= 0.3 is 12.6 Å². The fraction of sp³-hybridized carbons (Fsp3) is 0.300. The van der Waals surface area contributed by atoms with Crippen molar-refractivity contribution in [2.24, 2.45) is 5.41 Å². The molecule has 0 saturated carbocycles. The number of carbonyl (C=O) groups is 2. The van der Waals surface area contributed by atoms with E-state index in [1.54, 1.807) is 57.2 Å². The molecule has 0 atom stereocenters. The minimum atomic E-state index is -2.89. The van der Waals surface area contributed by atoms with Crippen molar-refractivity contribution in [1.29, 1.82) is 0 Å². The Balaban J connectivity index is 2.09. The van der Waals surface area contributed by atoms with Gasteiger partial charge in [0.2, 0.25) is 0 Å². The van der Waals surface area contributed by atoms with Crippen LogP contribution in [-0.2, 0) is 9.53 Å². The molecule has 0 aromatic heterocycles. The number of carbonyl (C=O) groups excluding carboxylic acids is 2. The maximum Gasteiger partial charge on any atom is 0.387 e. The van der Waals surface area contributed by atoms with E-state index in [4.69, 9.17) is 4.74 Å². The molecule has 1 N–H and O–H groups in total. The van der Waals surface area contributed by atoms with Crippen LogP contribution >= 0.6 is 0 Å². The van der Waals surface area contributed by atoms with Crippen molar-refractivity contribution >= 4 is 23.1 Å². The molecular formula is C20H21F2NO4. The quantitative estimate of drug-likeness (QED) is 0.702. The Kier molecular flexibility index (Phi) is 6.50. The van der Waals surface area contributed by atoms with Gasteiger partial charge < -0.3 is 14.8 Å². The van der Waals surface area contributed by atoms with Gasteiger partial charge in [-0.15, -0.1) is 0 Å². The third-order valence-corrected chi connectivity index (χ3v) is 3.68. The van der Waals surface area contributed by atoms with E-state index in [1.807, 2.05) is 0 Å². The number of esters is 1. The fourth-order valence-corrected chi connectivity index (χ4v) is 2.07. The first-order valence-electron chi connectivity index (χ1n) is 8.28. The van der Waals surface area contributed by atoms with Crippen LogP contribution in [0.25, 0.3) is 0 Å². The van der Waals surface area contributed by atoms with Crippen LogP contribution in [0.15, 0.2) is 48.5 Å². The average Bonchev–Trinajstić information content (AvgIpc) is 2.60. The average molecular weight is 377 g/mol. The molecule has 27 heavy (non-hydrogen) atoms. The Labute approximate surface area is 156 Å². The van der Waals surface area contributed by atoms with Crippen LogP contribution in [0.1, 0.15) is 31.1 Å². The predicted molar refractivity (Wildman–Crippen MR) is 97.5 cm³/mol. The monoisotopic (exact) mass is 377 g/mol. The zero-order valence-electron chi connectivity index (χ0n) is 15.3. The first-order chi connectivity index (χ1) is 12.7. The standard InChI is InChI=1S/C20H21F2NO4/c1-20(2,3)17(24)12-26-18(25)15-6-4-5-7-16(15)23-13-8-10-14(11-9-13)27-19(21)22/h4-11,19,23H,12H2,1-3H3. The van der Waals surface area contributed by atoms with Crippen LogP contribution in [0.2, 0.25) is 0 Å². The summed E-state index contributed by atoms with van der Waals surface area (Å²) in [6, 6.07) is 12.5. The van der Waals surface area contributed by atoms with Crippen molar-refractivity contribution in [3.63, 3.8) is 0 Å². The number of ether oxygens (including phenoxy) is 2. The number of halogens is 2. The number of benzene rings is 2. The number of ketones is 1. The van der Waals surface area contributed by atoms with Crippen molar-refractivity contribution < 1.29 is 27.8 Å². The smallest absolute Gasteiger partial charge is 0.387 e. The van der Waals surface area contributed by atoms with E-state index in [-0.39, 0.29) is 23.7 Å². The number of rotatable bonds is 7. The maximum absolute atomic E-state index is 12.3. The highest BCUT2D eigenvalue weighted by Gasteiger charge is 2.23. The second-order valence-corrected chi connectivity index (χ2v) is 6.82. The van der Waals surface area contributed by atoms with Crippen LogP contribution in [0.4, 0.5) is 20.2 Å². The van der Waals surface area contributed by atoms with Crippen LogP contribution < -0.4 is 10.1 Å². The Bertz CT molecular complexity index is 798. The molecule has 0 radical (unpaired) electrons. The number of anilines is 2. The summed E-state index contributed by atoms with van der Waals surface area (Å²) in [4.78, 5) is 24.3. The summed E-state index contributed by atoms with van der Waals surface area (Å²) in [7, 11) is 0. The van der Waals surface area contributed by atoms with Crippen molar-refractivity contribution in [1.82, 2.24) is 0 Å².